The van der Waals surface area contributed by atoms with E-state index >= 15 is 0 Å². The minimum atomic E-state index is 0. The maximum absolute atomic E-state index is 8.03. The molecule has 9 heavy (non-hydrogen) atoms. The second-order valence-electron chi connectivity index (χ2n) is 1.37. The molecule has 0 aromatic carbocycles. The van der Waals surface area contributed by atoms with E-state index in [0.717, 1.165) is 0 Å². The number of rotatable bonds is 1. The Morgan fingerprint density at radius 2 is 1.22 bits per heavy atom. The van der Waals surface area contributed by atoms with Gasteiger partial charge in [-0.2, -0.15) is 0 Å². The zero-order valence-corrected chi connectivity index (χ0v) is 4.79. The predicted octanol–water partition coefficient (Wildman–Crippen LogP) is 0.0381. The molecule has 0 aliphatic carbocycles. The Balaban J connectivity index is 0. The minimum absolute atomic E-state index is 0. The van der Waals surface area contributed by atoms with Crippen LogP contribution in [0.25, 0.3) is 0 Å². The molecule has 0 heterocycles. The maximum atomic E-state index is 8.03. The topological polar surface area (TPSA) is 65.2 Å². The van der Waals surface area contributed by atoms with E-state index < -0.39 is 0 Å². The zero-order chi connectivity index (χ0) is 6.57. The summed E-state index contributed by atoms with van der Waals surface area (Å²) in [5, 5.41) is 21.6. The van der Waals surface area contributed by atoms with E-state index in [-0.39, 0.29) is 29.6 Å². The normalized spacial score (nSPS) is 12.7. The molecule has 0 bridgehead atoms. The molecule has 2 N–H and O–H groups in total. The summed E-state index contributed by atoms with van der Waals surface area (Å²) < 4.78 is 0. The van der Waals surface area contributed by atoms with Crippen molar-refractivity contribution in [3.05, 3.63) is 0 Å². The number of hydrogen-bond acceptors (Lipinski definition) is 4. The number of hydrogen-bond donors (Lipinski definition) is 2. The molecule has 5 heteroatoms. The van der Waals surface area contributed by atoms with E-state index in [1.54, 1.807) is 0 Å². The molecule has 0 amide bonds. The first-order valence-electron chi connectivity index (χ1n) is 2.10. The van der Waals surface area contributed by atoms with Crippen LogP contribution in [0.3, 0.4) is 0 Å². The average Bonchev–Trinajstić information content (AvgIpc) is 1.84. The van der Waals surface area contributed by atoms with Gasteiger partial charge in [-0.25, -0.2) is 0 Å². The van der Waals surface area contributed by atoms with Crippen molar-refractivity contribution in [2.75, 3.05) is 0 Å². The van der Waals surface area contributed by atoms with Crippen LogP contribution in [0.4, 0.5) is 0 Å². The van der Waals surface area contributed by atoms with Crippen LogP contribution in [0, 0.1) is 0 Å². The van der Waals surface area contributed by atoms with Crippen molar-refractivity contribution >= 4 is 41.0 Å². The predicted molar refractivity (Wildman–Crippen MR) is 36.9 cm³/mol. The van der Waals surface area contributed by atoms with Crippen molar-refractivity contribution in [3.63, 3.8) is 0 Å². The van der Waals surface area contributed by atoms with Crippen LogP contribution in [-0.4, -0.2) is 51.4 Å². The average molecular weight is 140 g/mol. The first-order valence-corrected chi connectivity index (χ1v) is 2.10. The summed E-state index contributed by atoms with van der Waals surface area (Å²) in [5.74, 6) is 0. The van der Waals surface area contributed by atoms with Crippen LogP contribution < -0.4 is 0 Å². The van der Waals surface area contributed by atoms with Crippen LogP contribution >= 0.6 is 0 Å². The second kappa shape index (κ2) is 6.07. The summed E-state index contributed by atoms with van der Waals surface area (Å²) in [7, 11) is 0. The third-order valence-electron chi connectivity index (χ3n) is 0.824. The van der Waals surface area contributed by atoms with Gasteiger partial charge in [-0.15, -0.1) is 0 Å². The molecule has 0 saturated carbocycles. The van der Waals surface area contributed by atoms with Gasteiger partial charge in [-0.3, -0.25) is 0 Å². The van der Waals surface area contributed by atoms with Gasteiger partial charge < -0.3 is 10.4 Å². The molecule has 4 nitrogen and oxygen atoms in total. The Kier molecular flexibility index (Phi) is 7.89. The summed E-state index contributed by atoms with van der Waals surface area (Å²) >= 11 is 0. The van der Waals surface area contributed by atoms with Crippen molar-refractivity contribution in [1.82, 2.24) is 0 Å². The fourth-order valence-corrected chi connectivity index (χ4v) is 0.145. The third kappa shape index (κ3) is 4.44. The van der Waals surface area contributed by atoms with Gasteiger partial charge in [0.1, 0.15) is 11.4 Å². The van der Waals surface area contributed by atoms with Gasteiger partial charge in [-0.1, -0.05) is 10.3 Å². The molecule has 0 aromatic heterocycles. The molecule has 0 radical (unpaired) electrons. The number of oxime groups is 2. The molecular formula is C4H9N2NaO2. The van der Waals surface area contributed by atoms with Crippen LogP contribution in [0.1, 0.15) is 13.8 Å². The standard InChI is InChI=1S/C4H8N2O2.Na.H/c1-3(5-7)4(2)6-8;;/h7-8H,1-2H3;;. The second-order valence-corrected chi connectivity index (χ2v) is 1.37. The Morgan fingerprint density at radius 3 is 1.33 bits per heavy atom. The molecule has 0 atom stereocenters. The molecule has 0 fully saturated rings. The van der Waals surface area contributed by atoms with Crippen LogP contribution in [0.15, 0.2) is 10.3 Å². The van der Waals surface area contributed by atoms with Crippen molar-refractivity contribution in [1.29, 1.82) is 0 Å². The Hall–Kier alpha value is -0.0600. The summed E-state index contributed by atoms with van der Waals surface area (Å²) in [5.41, 5.74) is 0.625. The van der Waals surface area contributed by atoms with E-state index in [9.17, 15) is 0 Å². The zero-order valence-electron chi connectivity index (χ0n) is 4.79. The van der Waals surface area contributed by atoms with Gasteiger partial charge in [-0.05, 0) is 13.8 Å². The molecular weight excluding hydrogens is 131 g/mol. The summed E-state index contributed by atoms with van der Waals surface area (Å²) in [6.45, 7) is 3.07. The van der Waals surface area contributed by atoms with Gasteiger partial charge in [0.15, 0.2) is 0 Å². The molecule has 0 saturated heterocycles. The van der Waals surface area contributed by atoms with Crippen molar-refractivity contribution in [3.8, 4) is 0 Å². The molecule has 0 aromatic rings. The van der Waals surface area contributed by atoms with Crippen molar-refractivity contribution < 1.29 is 10.4 Å². The molecule has 0 aliphatic rings. The quantitative estimate of drug-likeness (QED) is 0.234. The Bertz CT molecular complexity index is 117. The first-order chi connectivity index (χ1) is 3.72. The van der Waals surface area contributed by atoms with Gasteiger partial charge in [0.05, 0.1) is 0 Å². The fraction of sp³-hybridized carbons (Fsp3) is 0.500. The molecule has 0 rings (SSSR count). The van der Waals surface area contributed by atoms with Gasteiger partial charge in [0.25, 0.3) is 0 Å². The molecule has 0 aliphatic heterocycles. The van der Waals surface area contributed by atoms with Crippen LogP contribution in [-0.2, 0) is 0 Å². The van der Waals surface area contributed by atoms with Crippen molar-refractivity contribution in [2.45, 2.75) is 13.8 Å². The summed E-state index contributed by atoms with van der Waals surface area (Å²) in [6.07, 6.45) is 0. The number of nitrogens with zero attached hydrogens (tertiary/aromatic N) is 2. The SMILES string of the molecule is CC(=NO)C(C)=NO.[NaH]. The van der Waals surface area contributed by atoms with E-state index in [1.807, 2.05) is 0 Å². The molecule has 0 spiro atoms. The van der Waals surface area contributed by atoms with E-state index in [2.05, 4.69) is 10.3 Å². The summed E-state index contributed by atoms with van der Waals surface area (Å²) in [6, 6.07) is 0. The first kappa shape index (κ1) is 11.7. The third-order valence-corrected chi connectivity index (χ3v) is 0.824. The van der Waals surface area contributed by atoms with Crippen molar-refractivity contribution in [2.24, 2.45) is 10.3 Å². The fourth-order valence-electron chi connectivity index (χ4n) is 0.145. The Morgan fingerprint density at radius 1 is 1.00 bits per heavy atom. The van der Waals surface area contributed by atoms with E-state index in [4.69, 9.17) is 10.4 Å². The van der Waals surface area contributed by atoms with Gasteiger partial charge in [0, 0.05) is 0 Å². The van der Waals surface area contributed by atoms with Crippen LogP contribution in [0.2, 0.25) is 0 Å². The van der Waals surface area contributed by atoms with Gasteiger partial charge >= 0.3 is 29.6 Å². The Labute approximate surface area is 75.5 Å². The molecule has 0 unspecified atom stereocenters. The molecule has 48 valence electrons. The van der Waals surface area contributed by atoms with E-state index in [0.29, 0.717) is 11.4 Å². The van der Waals surface area contributed by atoms with Crippen LogP contribution in [0.5, 0.6) is 0 Å². The van der Waals surface area contributed by atoms with Gasteiger partial charge in [0.2, 0.25) is 0 Å². The van der Waals surface area contributed by atoms with E-state index in [1.165, 1.54) is 13.8 Å². The monoisotopic (exact) mass is 140 g/mol. The summed E-state index contributed by atoms with van der Waals surface area (Å²) in [4.78, 5) is 0.